The standard InChI is InChI=1S/C24H29ClN4O3S/c1-16-21(23(31)32-2)22(18-8-4-5-9-19(18)25)29-17(15-33-24(29)27-16)14-20(30)26-10-13-28-11-6-3-7-12-28/h4-5,8-9,15,22H,3,6-7,10-14H2,1-2H3,(H,26,30)/t22-/m1/s1. The van der Waals surface area contributed by atoms with Crippen LogP contribution in [0.1, 0.15) is 44.2 Å². The maximum Gasteiger partial charge on any atom is 0.338 e. The lowest BCUT2D eigenvalue weighted by Gasteiger charge is -2.36. The lowest BCUT2D eigenvalue weighted by atomic mass is 9.94. The summed E-state index contributed by atoms with van der Waals surface area (Å²) in [6.07, 6.45) is 3.95. The molecule has 1 aromatic carbocycles. The topological polar surface area (TPSA) is 74.2 Å². The number of halogens is 1. The van der Waals surface area contributed by atoms with Crippen LogP contribution in [0.5, 0.6) is 0 Å². The number of nitrogens with zero attached hydrogens (tertiary/aromatic N) is 3. The van der Waals surface area contributed by atoms with Crippen LogP contribution in [0.25, 0.3) is 0 Å². The number of piperidine rings is 1. The Labute approximate surface area is 203 Å². The SMILES string of the molecule is COC(=O)C1=C(C)N=C2SC=C(CC(=O)NCCN3CCCCC3)N2[C@@H]1c1ccccc1Cl. The molecule has 3 aliphatic heterocycles. The maximum absolute atomic E-state index is 12.8. The Hall–Kier alpha value is -2.29. The van der Waals surface area contributed by atoms with Gasteiger partial charge in [0.2, 0.25) is 5.91 Å². The molecule has 1 saturated heterocycles. The Morgan fingerprint density at radius 2 is 2.00 bits per heavy atom. The number of aliphatic imine (C=N–C) groups is 1. The lowest BCUT2D eigenvalue weighted by molar-refractivity contribution is -0.136. The predicted molar refractivity (Wildman–Crippen MR) is 132 cm³/mol. The normalized spacial score (nSPS) is 20.8. The van der Waals surface area contributed by atoms with E-state index in [1.165, 1.54) is 38.1 Å². The summed E-state index contributed by atoms with van der Waals surface area (Å²) in [5.41, 5.74) is 2.57. The van der Waals surface area contributed by atoms with Crippen LogP contribution in [0.4, 0.5) is 0 Å². The van der Waals surface area contributed by atoms with E-state index < -0.39 is 12.0 Å². The number of nitrogens with one attached hydrogen (secondary N) is 1. The number of likely N-dealkylation sites (tertiary alicyclic amines) is 1. The van der Waals surface area contributed by atoms with Gasteiger partial charge < -0.3 is 19.9 Å². The van der Waals surface area contributed by atoms with Gasteiger partial charge in [-0.3, -0.25) is 4.79 Å². The van der Waals surface area contributed by atoms with Crippen LogP contribution in [0.15, 0.2) is 51.6 Å². The number of thioether (sulfide) groups is 1. The van der Waals surface area contributed by atoms with E-state index in [1.807, 2.05) is 28.5 Å². The number of amidine groups is 1. The third-order valence-corrected chi connectivity index (χ3v) is 7.38. The van der Waals surface area contributed by atoms with E-state index in [4.69, 9.17) is 16.3 Å². The zero-order chi connectivity index (χ0) is 23.4. The number of allylic oxidation sites excluding steroid dienone is 1. The van der Waals surface area contributed by atoms with Crippen molar-refractivity contribution in [3.63, 3.8) is 0 Å². The van der Waals surface area contributed by atoms with Gasteiger partial charge in [0.1, 0.15) is 0 Å². The minimum absolute atomic E-state index is 0.0519. The van der Waals surface area contributed by atoms with Crippen LogP contribution in [0, 0.1) is 0 Å². The summed E-state index contributed by atoms with van der Waals surface area (Å²) in [6.45, 7) is 5.50. The van der Waals surface area contributed by atoms with E-state index in [2.05, 4.69) is 15.2 Å². The summed E-state index contributed by atoms with van der Waals surface area (Å²) >= 11 is 8.00. The van der Waals surface area contributed by atoms with Gasteiger partial charge in [-0.2, -0.15) is 0 Å². The van der Waals surface area contributed by atoms with Crippen molar-refractivity contribution in [1.82, 2.24) is 15.1 Å². The van der Waals surface area contributed by atoms with E-state index in [1.54, 1.807) is 13.0 Å². The zero-order valence-corrected chi connectivity index (χ0v) is 20.5. The smallest absolute Gasteiger partial charge is 0.338 e. The molecule has 0 radical (unpaired) electrons. The van der Waals surface area contributed by atoms with Crippen LogP contribution < -0.4 is 5.32 Å². The third-order valence-electron chi connectivity index (χ3n) is 6.15. The fourth-order valence-corrected chi connectivity index (χ4v) is 5.70. The van der Waals surface area contributed by atoms with Crippen LogP contribution in [-0.2, 0) is 14.3 Å². The van der Waals surface area contributed by atoms with Crippen LogP contribution in [-0.4, -0.2) is 60.1 Å². The summed E-state index contributed by atoms with van der Waals surface area (Å²) < 4.78 is 5.08. The molecular weight excluding hydrogens is 460 g/mol. The molecule has 9 heteroatoms. The van der Waals surface area contributed by atoms with Crippen LogP contribution >= 0.6 is 23.4 Å². The molecule has 0 aliphatic carbocycles. The van der Waals surface area contributed by atoms with E-state index in [-0.39, 0.29) is 12.3 Å². The van der Waals surface area contributed by atoms with Crippen LogP contribution in [0.3, 0.4) is 0 Å². The highest BCUT2D eigenvalue weighted by Gasteiger charge is 2.41. The maximum atomic E-state index is 12.8. The minimum atomic E-state index is -0.513. The number of benzene rings is 1. The number of rotatable bonds is 7. The van der Waals surface area contributed by atoms with Gasteiger partial charge in [0.15, 0.2) is 5.17 Å². The van der Waals surface area contributed by atoms with Gasteiger partial charge in [0.25, 0.3) is 0 Å². The van der Waals surface area contributed by atoms with E-state index >= 15 is 0 Å². The predicted octanol–water partition coefficient (Wildman–Crippen LogP) is 4.08. The molecule has 1 N–H and O–H groups in total. The van der Waals surface area contributed by atoms with Gasteiger partial charge in [-0.15, -0.1) is 0 Å². The van der Waals surface area contributed by atoms with Crippen molar-refractivity contribution in [3.8, 4) is 0 Å². The van der Waals surface area contributed by atoms with E-state index in [0.717, 1.165) is 36.1 Å². The highest BCUT2D eigenvalue weighted by molar-refractivity contribution is 8.16. The Morgan fingerprint density at radius 3 is 2.73 bits per heavy atom. The quantitative estimate of drug-likeness (QED) is 0.583. The van der Waals surface area contributed by atoms with Crippen molar-refractivity contribution < 1.29 is 14.3 Å². The first-order valence-electron chi connectivity index (χ1n) is 11.3. The first-order chi connectivity index (χ1) is 16.0. The highest BCUT2D eigenvalue weighted by Crippen LogP contribution is 2.46. The van der Waals surface area contributed by atoms with Crippen molar-refractivity contribution in [2.75, 3.05) is 33.3 Å². The largest absolute Gasteiger partial charge is 0.466 e. The van der Waals surface area contributed by atoms with Crippen molar-refractivity contribution >= 4 is 40.4 Å². The molecule has 33 heavy (non-hydrogen) atoms. The van der Waals surface area contributed by atoms with E-state index in [0.29, 0.717) is 22.8 Å². The molecule has 176 valence electrons. The molecule has 4 rings (SSSR count). The molecule has 3 aliphatic rings. The van der Waals surface area contributed by atoms with Gasteiger partial charge in [0.05, 0.1) is 30.8 Å². The van der Waals surface area contributed by atoms with Crippen molar-refractivity contribution in [2.45, 2.75) is 38.6 Å². The Morgan fingerprint density at radius 1 is 1.24 bits per heavy atom. The number of carbonyl (C=O) groups excluding carboxylic acids is 2. The number of methoxy groups -OCH3 is 1. The highest BCUT2D eigenvalue weighted by atomic mass is 35.5. The second kappa shape index (κ2) is 10.8. The molecule has 0 saturated carbocycles. The molecule has 3 heterocycles. The summed E-state index contributed by atoms with van der Waals surface area (Å²) in [5, 5.41) is 6.24. The number of fused-ring (bicyclic) bond motifs is 1. The van der Waals surface area contributed by atoms with Crippen molar-refractivity contribution in [3.05, 3.63) is 57.2 Å². The molecule has 0 unspecified atom stereocenters. The molecule has 1 amide bonds. The summed E-state index contributed by atoms with van der Waals surface area (Å²) in [7, 11) is 1.36. The Balaban J connectivity index is 1.52. The lowest BCUT2D eigenvalue weighted by Crippen LogP contribution is -2.40. The van der Waals surface area contributed by atoms with Gasteiger partial charge in [0, 0.05) is 23.8 Å². The average molecular weight is 489 g/mol. The molecule has 0 aromatic heterocycles. The van der Waals surface area contributed by atoms with Crippen LogP contribution in [0.2, 0.25) is 5.02 Å². The number of carbonyl (C=O) groups is 2. The minimum Gasteiger partial charge on any atom is -0.466 e. The number of ether oxygens (including phenoxy) is 1. The fraction of sp³-hybridized carbons (Fsp3) is 0.458. The van der Waals surface area contributed by atoms with Gasteiger partial charge in [-0.1, -0.05) is 48.0 Å². The monoisotopic (exact) mass is 488 g/mol. The molecule has 1 atom stereocenters. The first kappa shape index (κ1) is 23.9. The Kier molecular flexibility index (Phi) is 7.78. The zero-order valence-electron chi connectivity index (χ0n) is 19.0. The molecular formula is C24H29ClN4O3S. The number of esters is 1. The van der Waals surface area contributed by atoms with Crippen molar-refractivity contribution in [1.29, 1.82) is 0 Å². The van der Waals surface area contributed by atoms with Gasteiger partial charge in [-0.25, -0.2) is 9.79 Å². The number of amides is 1. The first-order valence-corrected chi connectivity index (χ1v) is 12.5. The molecule has 1 aromatic rings. The fourth-order valence-electron chi connectivity index (χ4n) is 4.50. The van der Waals surface area contributed by atoms with Gasteiger partial charge >= 0.3 is 5.97 Å². The third kappa shape index (κ3) is 5.28. The molecule has 0 spiro atoms. The summed E-state index contributed by atoms with van der Waals surface area (Å²) in [6, 6.07) is 6.92. The second-order valence-corrected chi connectivity index (χ2v) is 9.58. The second-order valence-electron chi connectivity index (χ2n) is 8.34. The van der Waals surface area contributed by atoms with Gasteiger partial charge in [-0.05, 0) is 49.9 Å². The summed E-state index contributed by atoms with van der Waals surface area (Å²) in [4.78, 5) is 34.5. The van der Waals surface area contributed by atoms with E-state index in [9.17, 15) is 9.59 Å². The summed E-state index contributed by atoms with van der Waals surface area (Å²) in [5.74, 6) is -0.508. The Bertz CT molecular complexity index is 1020. The average Bonchev–Trinajstić information content (AvgIpc) is 3.20. The number of hydrogen-bond acceptors (Lipinski definition) is 7. The van der Waals surface area contributed by atoms with Crippen molar-refractivity contribution in [2.24, 2.45) is 4.99 Å². The molecule has 0 bridgehead atoms. The number of hydrogen-bond donors (Lipinski definition) is 1. The molecule has 7 nitrogen and oxygen atoms in total. The molecule has 1 fully saturated rings.